The minimum Gasteiger partial charge on any atom is -0.497 e. The Kier molecular flexibility index (Phi) is 3.34. The van der Waals surface area contributed by atoms with Crippen molar-refractivity contribution in [3.8, 4) is 5.75 Å². The van der Waals surface area contributed by atoms with E-state index < -0.39 is 0 Å². The standard InChI is InChI=1S/C20H24N2O/c1-20-11-12-22(14-15-7-5-4-6-8-15)19(20)21(2)18-10-9-16(23-3)13-17(18)20/h4-10,13,19H,11-12,14H2,1-3H3/t19?,20-/m1/s1. The number of fused-ring (bicyclic) bond motifs is 3. The maximum Gasteiger partial charge on any atom is 0.119 e. The topological polar surface area (TPSA) is 15.7 Å². The number of nitrogens with zero attached hydrogens (tertiary/aromatic N) is 2. The highest BCUT2D eigenvalue weighted by molar-refractivity contribution is 5.66. The molecule has 2 heterocycles. The van der Waals surface area contributed by atoms with E-state index in [0.717, 1.165) is 18.8 Å². The molecule has 0 amide bonds. The van der Waals surface area contributed by atoms with E-state index >= 15 is 0 Å². The molecule has 0 spiro atoms. The third-order valence-corrected chi connectivity index (χ3v) is 5.63. The summed E-state index contributed by atoms with van der Waals surface area (Å²) in [5.74, 6) is 0.959. The van der Waals surface area contributed by atoms with Crippen molar-refractivity contribution in [3.63, 3.8) is 0 Å². The number of hydrogen-bond donors (Lipinski definition) is 0. The third kappa shape index (κ3) is 2.14. The molecule has 2 aliphatic heterocycles. The molecule has 0 radical (unpaired) electrons. The van der Waals surface area contributed by atoms with Gasteiger partial charge in [0.15, 0.2) is 0 Å². The Labute approximate surface area is 138 Å². The summed E-state index contributed by atoms with van der Waals surface area (Å²) in [6.45, 7) is 4.55. The molecule has 0 bridgehead atoms. The van der Waals surface area contributed by atoms with Gasteiger partial charge in [-0.25, -0.2) is 0 Å². The van der Waals surface area contributed by atoms with Crippen LogP contribution in [0.3, 0.4) is 0 Å². The Bertz CT molecular complexity index is 715. The third-order valence-electron chi connectivity index (χ3n) is 5.63. The van der Waals surface area contributed by atoms with Crippen molar-refractivity contribution in [1.82, 2.24) is 4.90 Å². The second-order valence-electron chi connectivity index (χ2n) is 6.99. The molecule has 1 saturated heterocycles. The van der Waals surface area contributed by atoms with Crippen LogP contribution in [0.15, 0.2) is 48.5 Å². The smallest absolute Gasteiger partial charge is 0.119 e. The van der Waals surface area contributed by atoms with E-state index in [-0.39, 0.29) is 5.41 Å². The summed E-state index contributed by atoms with van der Waals surface area (Å²) < 4.78 is 5.46. The fourth-order valence-corrected chi connectivity index (χ4v) is 4.50. The van der Waals surface area contributed by atoms with E-state index in [2.05, 4.69) is 72.3 Å². The largest absolute Gasteiger partial charge is 0.497 e. The molecule has 0 saturated carbocycles. The van der Waals surface area contributed by atoms with E-state index in [4.69, 9.17) is 4.74 Å². The average molecular weight is 308 g/mol. The van der Waals surface area contributed by atoms with Gasteiger partial charge in [-0.05, 0) is 35.7 Å². The summed E-state index contributed by atoms with van der Waals surface area (Å²) in [7, 11) is 3.97. The van der Waals surface area contributed by atoms with Crippen LogP contribution in [0.5, 0.6) is 5.75 Å². The van der Waals surface area contributed by atoms with Crippen LogP contribution in [-0.2, 0) is 12.0 Å². The molecule has 120 valence electrons. The second kappa shape index (κ2) is 5.27. The highest BCUT2D eigenvalue weighted by atomic mass is 16.5. The quantitative estimate of drug-likeness (QED) is 0.861. The van der Waals surface area contributed by atoms with Crippen molar-refractivity contribution in [2.75, 3.05) is 25.6 Å². The zero-order valence-electron chi connectivity index (χ0n) is 14.1. The van der Waals surface area contributed by atoms with Crippen LogP contribution in [0, 0.1) is 0 Å². The predicted octanol–water partition coefficient (Wildman–Crippen LogP) is 3.63. The lowest BCUT2D eigenvalue weighted by atomic mass is 9.81. The lowest BCUT2D eigenvalue weighted by Crippen LogP contribution is -2.46. The first-order valence-corrected chi connectivity index (χ1v) is 8.33. The van der Waals surface area contributed by atoms with E-state index in [9.17, 15) is 0 Å². The van der Waals surface area contributed by atoms with Gasteiger partial charge in [-0.2, -0.15) is 0 Å². The Morgan fingerprint density at radius 2 is 1.96 bits per heavy atom. The van der Waals surface area contributed by atoms with Crippen molar-refractivity contribution < 1.29 is 4.74 Å². The molecule has 1 fully saturated rings. The summed E-state index contributed by atoms with van der Waals surface area (Å²) >= 11 is 0. The average Bonchev–Trinajstić information content (AvgIpc) is 3.02. The normalized spacial score (nSPS) is 26.2. The predicted molar refractivity (Wildman–Crippen MR) is 94.0 cm³/mol. The van der Waals surface area contributed by atoms with Crippen molar-refractivity contribution in [2.24, 2.45) is 0 Å². The van der Waals surface area contributed by atoms with Crippen LogP contribution in [-0.4, -0.2) is 31.8 Å². The number of ether oxygens (including phenoxy) is 1. The molecule has 23 heavy (non-hydrogen) atoms. The number of benzene rings is 2. The van der Waals surface area contributed by atoms with Gasteiger partial charge in [0.05, 0.1) is 13.3 Å². The summed E-state index contributed by atoms with van der Waals surface area (Å²) in [5.41, 5.74) is 4.34. The van der Waals surface area contributed by atoms with Crippen molar-refractivity contribution in [2.45, 2.75) is 31.5 Å². The second-order valence-corrected chi connectivity index (χ2v) is 6.99. The van der Waals surface area contributed by atoms with Crippen LogP contribution in [0.1, 0.15) is 24.5 Å². The molecule has 2 aromatic rings. The number of methoxy groups -OCH3 is 1. The van der Waals surface area contributed by atoms with E-state index in [1.165, 1.54) is 23.2 Å². The maximum atomic E-state index is 5.46. The first kappa shape index (κ1) is 14.6. The first-order chi connectivity index (χ1) is 11.1. The minimum atomic E-state index is 0.174. The number of rotatable bonds is 3. The van der Waals surface area contributed by atoms with Crippen LogP contribution >= 0.6 is 0 Å². The van der Waals surface area contributed by atoms with Crippen LogP contribution in [0.25, 0.3) is 0 Å². The van der Waals surface area contributed by atoms with Gasteiger partial charge in [-0.1, -0.05) is 37.3 Å². The number of anilines is 1. The molecule has 1 unspecified atom stereocenters. The number of hydrogen-bond acceptors (Lipinski definition) is 3. The van der Waals surface area contributed by atoms with E-state index in [1.54, 1.807) is 7.11 Å². The lowest BCUT2D eigenvalue weighted by molar-refractivity contribution is 0.215. The fourth-order valence-electron chi connectivity index (χ4n) is 4.50. The van der Waals surface area contributed by atoms with Gasteiger partial charge in [-0.15, -0.1) is 0 Å². The molecule has 0 aliphatic carbocycles. The number of likely N-dealkylation sites (tertiary alicyclic amines) is 1. The highest BCUT2D eigenvalue weighted by Crippen LogP contribution is 2.52. The Hall–Kier alpha value is -2.00. The van der Waals surface area contributed by atoms with Gasteiger partial charge in [-0.3, -0.25) is 4.90 Å². The molecule has 3 heteroatoms. The SMILES string of the molecule is COc1ccc2c(c1)[C@@]1(C)CCN(Cc3ccccc3)C1N2C. The van der Waals surface area contributed by atoms with Gasteiger partial charge in [0.1, 0.15) is 5.75 Å². The molecule has 2 aromatic carbocycles. The Balaban J connectivity index is 1.68. The van der Waals surface area contributed by atoms with Crippen LogP contribution in [0.4, 0.5) is 5.69 Å². The van der Waals surface area contributed by atoms with E-state index in [0.29, 0.717) is 6.17 Å². The van der Waals surface area contributed by atoms with Crippen molar-refractivity contribution >= 4 is 5.69 Å². The summed E-state index contributed by atoms with van der Waals surface area (Å²) in [4.78, 5) is 5.06. The van der Waals surface area contributed by atoms with Crippen molar-refractivity contribution in [3.05, 3.63) is 59.7 Å². The van der Waals surface area contributed by atoms with Gasteiger partial charge in [0.2, 0.25) is 0 Å². The monoisotopic (exact) mass is 308 g/mol. The lowest BCUT2D eigenvalue weighted by Gasteiger charge is -2.34. The Morgan fingerprint density at radius 1 is 1.17 bits per heavy atom. The summed E-state index contributed by atoms with van der Waals surface area (Å²) in [6, 6.07) is 17.3. The van der Waals surface area contributed by atoms with Crippen LogP contribution < -0.4 is 9.64 Å². The maximum absolute atomic E-state index is 5.46. The molecular weight excluding hydrogens is 284 g/mol. The van der Waals surface area contributed by atoms with Gasteiger partial charge in [0, 0.05) is 31.2 Å². The zero-order chi connectivity index (χ0) is 16.0. The molecular formula is C20H24N2O. The molecule has 3 nitrogen and oxygen atoms in total. The molecule has 2 aliphatic rings. The van der Waals surface area contributed by atoms with Crippen LogP contribution in [0.2, 0.25) is 0 Å². The zero-order valence-corrected chi connectivity index (χ0v) is 14.1. The summed E-state index contributed by atoms with van der Waals surface area (Å²) in [6.07, 6.45) is 1.61. The molecule has 2 atom stereocenters. The van der Waals surface area contributed by atoms with Crippen molar-refractivity contribution in [1.29, 1.82) is 0 Å². The molecule has 4 rings (SSSR count). The molecule has 0 N–H and O–H groups in total. The van der Waals surface area contributed by atoms with Gasteiger partial charge >= 0.3 is 0 Å². The Morgan fingerprint density at radius 3 is 2.70 bits per heavy atom. The molecule has 0 aromatic heterocycles. The first-order valence-electron chi connectivity index (χ1n) is 8.33. The van der Waals surface area contributed by atoms with E-state index in [1.807, 2.05) is 0 Å². The van der Waals surface area contributed by atoms with Gasteiger partial charge in [0.25, 0.3) is 0 Å². The fraction of sp³-hybridized carbons (Fsp3) is 0.400. The highest BCUT2D eigenvalue weighted by Gasteiger charge is 2.53. The number of likely N-dealkylation sites (N-methyl/N-ethyl adjacent to an activating group) is 1. The summed E-state index contributed by atoms with van der Waals surface area (Å²) in [5, 5.41) is 0. The van der Waals surface area contributed by atoms with Gasteiger partial charge < -0.3 is 9.64 Å². The minimum absolute atomic E-state index is 0.174.